The van der Waals surface area contributed by atoms with E-state index in [1.165, 1.54) is 11.1 Å². The first kappa shape index (κ1) is 12.9. The van der Waals surface area contributed by atoms with E-state index in [2.05, 4.69) is 34.2 Å². The summed E-state index contributed by atoms with van der Waals surface area (Å²) >= 11 is 5.07. The van der Waals surface area contributed by atoms with Crippen molar-refractivity contribution in [2.24, 2.45) is 5.92 Å². The van der Waals surface area contributed by atoms with Gasteiger partial charge in [-0.1, -0.05) is 24.3 Å². The molecule has 1 heterocycles. The van der Waals surface area contributed by atoms with E-state index in [0.29, 0.717) is 10.7 Å². The molecule has 0 radical (unpaired) electrons. The van der Waals surface area contributed by atoms with Gasteiger partial charge >= 0.3 is 0 Å². The second-order valence-electron chi connectivity index (χ2n) is 5.09. The smallest absolute Gasteiger partial charge is 0.174 e. The first-order valence-corrected chi connectivity index (χ1v) is 7.13. The third kappa shape index (κ3) is 2.45. The average molecular weight is 281 g/mol. The molecule has 1 atom stereocenters. The predicted octanol–water partition coefficient (Wildman–Crippen LogP) is 3.78. The Hall–Kier alpha value is -2.12. The van der Waals surface area contributed by atoms with Gasteiger partial charge in [0, 0.05) is 18.0 Å². The Morgan fingerprint density at radius 1 is 1.40 bits per heavy atom. The zero-order valence-electron chi connectivity index (χ0n) is 11.0. The number of hydrogen-bond donors (Lipinski definition) is 2. The van der Waals surface area contributed by atoms with Gasteiger partial charge in [-0.05, 0) is 54.1 Å². The SMILES string of the molecule is N#CC=C1c2ccccc2CCC1Cc1c[nH]c(=S)[nH]1. The fourth-order valence-corrected chi connectivity index (χ4v) is 3.14. The second kappa shape index (κ2) is 5.48. The van der Waals surface area contributed by atoms with Gasteiger partial charge in [-0.2, -0.15) is 5.26 Å². The fourth-order valence-electron chi connectivity index (χ4n) is 2.95. The Balaban J connectivity index is 1.95. The summed E-state index contributed by atoms with van der Waals surface area (Å²) in [5, 5.41) is 9.08. The van der Waals surface area contributed by atoms with Crippen LogP contribution < -0.4 is 0 Å². The van der Waals surface area contributed by atoms with Crippen molar-refractivity contribution >= 4 is 17.8 Å². The van der Waals surface area contributed by atoms with Crippen LogP contribution >= 0.6 is 12.2 Å². The van der Waals surface area contributed by atoms with Crippen LogP contribution in [0, 0.1) is 22.0 Å². The molecule has 1 aliphatic rings. The van der Waals surface area contributed by atoms with Crippen molar-refractivity contribution in [3.8, 4) is 6.07 Å². The maximum absolute atomic E-state index is 9.08. The van der Waals surface area contributed by atoms with Crippen LogP contribution in [0.25, 0.3) is 5.57 Å². The number of aromatic amines is 2. The molecule has 0 fully saturated rings. The number of nitrogens with zero attached hydrogens (tertiary/aromatic N) is 1. The summed E-state index contributed by atoms with van der Waals surface area (Å²) in [6.07, 6.45) is 6.64. The van der Waals surface area contributed by atoms with Gasteiger partial charge in [0.15, 0.2) is 4.77 Å². The first-order valence-electron chi connectivity index (χ1n) is 6.72. The molecule has 1 unspecified atom stereocenters. The number of nitrogens with one attached hydrogen (secondary N) is 2. The Bertz CT molecular complexity index is 745. The predicted molar refractivity (Wildman–Crippen MR) is 81.5 cm³/mol. The molecule has 0 bridgehead atoms. The summed E-state index contributed by atoms with van der Waals surface area (Å²) in [5.74, 6) is 0.367. The molecule has 0 saturated heterocycles. The molecule has 1 aromatic carbocycles. The number of nitriles is 1. The molecule has 4 heteroatoms. The summed E-state index contributed by atoms with van der Waals surface area (Å²) in [6.45, 7) is 0. The Labute approximate surface area is 123 Å². The number of imidazole rings is 1. The Kier molecular flexibility index (Phi) is 3.53. The number of fused-ring (bicyclic) bond motifs is 1. The zero-order valence-corrected chi connectivity index (χ0v) is 11.8. The van der Waals surface area contributed by atoms with Gasteiger partial charge in [0.1, 0.15) is 0 Å². The minimum atomic E-state index is 0.367. The number of H-pyrrole nitrogens is 2. The number of aryl methyl sites for hydroxylation is 1. The van der Waals surface area contributed by atoms with Crippen molar-refractivity contribution in [2.45, 2.75) is 19.3 Å². The highest BCUT2D eigenvalue weighted by Gasteiger charge is 2.24. The number of benzene rings is 1. The summed E-state index contributed by atoms with van der Waals surface area (Å²) in [4.78, 5) is 6.16. The lowest BCUT2D eigenvalue weighted by atomic mass is 9.77. The summed E-state index contributed by atoms with van der Waals surface area (Å²) in [5.41, 5.74) is 4.81. The minimum Gasteiger partial charge on any atom is -0.337 e. The topological polar surface area (TPSA) is 55.4 Å². The molecule has 1 aromatic heterocycles. The van der Waals surface area contributed by atoms with Gasteiger partial charge in [0.05, 0.1) is 6.07 Å². The van der Waals surface area contributed by atoms with E-state index in [4.69, 9.17) is 17.5 Å². The number of aromatic nitrogens is 2. The molecule has 0 spiro atoms. The molecule has 2 aromatic rings. The standard InChI is InChI=1S/C16H15N3S/c17-8-7-15-12(9-13-10-18-16(20)19-13)6-5-11-3-1-2-4-14(11)15/h1-4,7,10,12H,5-6,9H2,(H2,18,19,20). The molecule has 0 saturated carbocycles. The van der Waals surface area contributed by atoms with Crippen LogP contribution in [0.3, 0.4) is 0 Å². The zero-order chi connectivity index (χ0) is 13.9. The number of hydrogen-bond acceptors (Lipinski definition) is 2. The Morgan fingerprint density at radius 2 is 2.25 bits per heavy atom. The van der Waals surface area contributed by atoms with E-state index in [-0.39, 0.29) is 0 Å². The lowest BCUT2D eigenvalue weighted by molar-refractivity contribution is 0.580. The fraction of sp³-hybridized carbons (Fsp3) is 0.250. The van der Waals surface area contributed by atoms with Crippen LogP contribution in [0.2, 0.25) is 0 Å². The van der Waals surface area contributed by atoms with Crippen LogP contribution in [-0.2, 0) is 12.8 Å². The average Bonchev–Trinajstić information content (AvgIpc) is 2.87. The quantitative estimate of drug-likeness (QED) is 0.650. The molecular weight excluding hydrogens is 266 g/mol. The summed E-state index contributed by atoms with van der Waals surface area (Å²) in [7, 11) is 0. The molecule has 3 nitrogen and oxygen atoms in total. The Morgan fingerprint density at radius 3 is 3.00 bits per heavy atom. The van der Waals surface area contributed by atoms with E-state index in [1.54, 1.807) is 6.08 Å². The monoisotopic (exact) mass is 281 g/mol. The maximum Gasteiger partial charge on any atom is 0.174 e. The van der Waals surface area contributed by atoms with Gasteiger partial charge in [-0.3, -0.25) is 0 Å². The van der Waals surface area contributed by atoms with Gasteiger partial charge in [-0.25, -0.2) is 0 Å². The molecular formula is C16H15N3S. The minimum absolute atomic E-state index is 0.367. The number of rotatable bonds is 2. The summed E-state index contributed by atoms with van der Waals surface area (Å²) in [6, 6.07) is 10.6. The van der Waals surface area contributed by atoms with Gasteiger partial charge in [0.25, 0.3) is 0 Å². The van der Waals surface area contributed by atoms with E-state index in [0.717, 1.165) is 30.5 Å². The van der Waals surface area contributed by atoms with E-state index in [9.17, 15) is 0 Å². The lowest BCUT2D eigenvalue weighted by Gasteiger charge is -2.27. The number of allylic oxidation sites excluding steroid dienone is 2. The van der Waals surface area contributed by atoms with Gasteiger partial charge in [0.2, 0.25) is 0 Å². The lowest BCUT2D eigenvalue weighted by Crippen LogP contribution is -2.15. The molecule has 1 aliphatic carbocycles. The highest BCUT2D eigenvalue weighted by molar-refractivity contribution is 7.71. The van der Waals surface area contributed by atoms with E-state index < -0.39 is 0 Å². The molecule has 0 aliphatic heterocycles. The molecule has 3 rings (SSSR count). The third-order valence-corrected chi connectivity index (χ3v) is 4.09. The van der Waals surface area contributed by atoms with Crippen molar-refractivity contribution in [1.29, 1.82) is 5.26 Å². The van der Waals surface area contributed by atoms with Crippen LogP contribution in [0.15, 0.2) is 36.5 Å². The van der Waals surface area contributed by atoms with Crippen LogP contribution in [-0.4, -0.2) is 9.97 Å². The van der Waals surface area contributed by atoms with Crippen molar-refractivity contribution in [3.05, 3.63) is 58.1 Å². The van der Waals surface area contributed by atoms with Crippen LogP contribution in [0.5, 0.6) is 0 Å². The molecule has 0 amide bonds. The molecule has 100 valence electrons. The van der Waals surface area contributed by atoms with E-state index in [1.807, 2.05) is 12.3 Å². The van der Waals surface area contributed by atoms with Gasteiger partial charge < -0.3 is 9.97 Å². The maximum atomic E-state index is 9.08. The van der Waals surface area contributed by atoms with Crippen molar-refractivity contribution in [1.82, 2.24) is 9.97 Å². The highest BCUT2D eigenvalue weighted by atomic mass is 32.1. The van der Waals surface area contributed by atoms with E-state index >= 15 is 0 Å². The third-order valence-electron chi connectivity index (χ3n) is 3.87. The van der Waals surface area contributed by atoms with Crippen molar-refractivity contribution in [2.75, 3.05) is 0 Å². The normalized spacial score (nSPS) is 19.6. The van der Waals surface area contributed by atoms with Crippen LogP contribution in [0.4, 0.5) is 0 Å². The molecule has 2 N–H and O–H groups in total. The summed E-state index contributed by atoms with van der Waals surface area (Å²) < 4.78 is 0.655. The van der Waals surface area contributed by atoms with Crippen molar-refractivity contribution in [3.63, 3.8) is 0 Å². The van der Waals surface area contributed by atoms with Crippen LogP contribution in [0.1, 0.15) is 23.2 Å². The second-order valence-corrected chi connectivity index (χ2v) is 5.50. The highest BCUT2D eigenvalue weighted by Crippen LogP contribution is 2.36. The largest absolute Gasteiger partial charge is 0.337 e. The first-order chi connectivity index (χ1) is 9.78. The van der Waals surface area contributed by atoms with Gasteiger partial charge in [-0.15, -0.1) is 0 Å². The molecule has 20 heavy (non-hydrogen) atoms. The van der Waals surface area contributed by atoms with Crippen molar-refractivity contribution < 1.29 is 0 Å².